The third-order valence-corrected chi connectivity index (χ3v) is 6.04. The summed E-state index contributed by atoms with van der Waals surface area (Å²) in [5, 5.41) is 2.86. The Morgan fingerprint density at radius 3 is 2.41 bits per heavy atom. The number of carbonyl (C=O) groups excluding carboxylic acids is 1. The third-order valence-electron chi connectivity index (χ3n) is 4.19. The van der Waals surface area contributed by atoms with Gasteiger partial charge in [-0.05, 0) is 43.2 Å². The van der Waals surface area contributed by atoms with Gasteiger partial charge in [-0.1, -0.05) is 37.6 Å². The van der Waals surface area contributed by atoms with Gasteiger partial charge in [-0.2, -0.15) is 0 Å². The lowest BCUT2D eigenvalue weighted by atomic mass is 10.1. The quantitative estimate of drug-likeness (QED) is 0.724. The van der Waals surface area contributed by atoms with Gasteiger partial charge in [0.25, 0.3) is 15.9 Å². The van der Waals surface area contributed by atoms with Gasteiger partial charge in [-0.3, -0.25) is 9.52 Å². The van der Waals surface area contributed by atoms with Gasteiger partial charge in [-0.25, -0.2) is 8.42 Å². The molecule has 0 aliphatic carbocycles. The topological polar surface area (TPSA) is 84.5 Å². The molecular weight excluding hydrogens is 388 g/mol. The Balaban J connectivity index is 2.35. The summed E-state index contributed by atoms with van der Waals surface area (Å²) < 4.78 is 33.2. The van der Waals surface area contributed by atoms with Crippen LogP contribution in [0.2, 0.25) is 5.02 Å². The number of amides is 1. The molecule has 2 rings (SSSR count). The minimum absolute atomic E-state index is 0.0193. The summed E-state index contributed by atoms with van der Waals surface area (Å²) in [4.78, 5) is 12.2. The van der Waals surface area contributed by atoms with Crippen LogP contribution in [-0.2, 0) is 10.0 Å². The van der Waals surface area contributed by atoms with E-state index in [-0.39, 0.29) is 39.0 Å². The highest BCUT2D eigenvalue weighted by Gasteiger charge is 2.22. The molecule has 0 saturated carbocycles. The van der Waals surface area contributed by atoms with E-state index < -0.39 is 10.0 Å². The predicted molar refractivity (Wildman–Crippen MR) is 107 cm³/mol. The molecule has 6 nitrogen and oxygen atoms in total. The van der Waals surface area contributed by atoms with Crippen molar-refractivity contribution in [3.63, 3.8) is 0 Å². The average Bonchev–Trinajstić information content (AvgIpc) is 2.61. The summed E-state index contributed by atoms with van der Waals surface area (Å²) in [7, 11) is -2.57. The highest BCUT2D eigenvalue weighted by molar-refractivity contribution is 7.92. The molecule has 2 aromatic rings. The van der Waals surface area contributed by atoms with Crippen LogP contribution in [0.1, 0.15) is 31.1 Å². The number of benzene rings is 2. The van der Waals surface area contributed by atoms with Gasteiger partial charge in [0, 0.05) is 11.6 Å². The highest BCUT2D eigenvalue weighted by Crippen LogP contribution is 2.29. The van der Waals surface area contributed by atoms with E-state index in [0.717, 1.165) is 0 Å². The summed E-state index contributed by atoms with van der Waals surface area (Å²) in [5.41, 5.74) is 0.492. The van der Waals surface area contributed by atoms with Crippen LogP contribution in [0.3, 0.4) is 0 Å². The number of methoxy groups -OCH3 is 1. The van der Waals surface area contributed by atoms with E-state index in [1.165, 1.54) is 25.3 Å². The van der Waals surface area contributed by atoms with Gasteiger partial charge in [0.2, 0.25) is 0 Å². The Morgan fingerprint density at radius 1 is 1.11 bits per heavy atom. The lowest BCUT2D eigenvalue weighted by molar-refractivity contribution is 0.0930. The maximum atomic E-state index is 12.8. The van der Waals surface area contributed by atoms with E-state index in [9.17, 15) is 13.2 Å². The molecule has 146 valence electrons. The Kier molecular flexibility index (Phi) is 6.73. The van der Waals surface area contributed by atoms with E-state index in [4.69, 9.17) is 16.3 Å². The van der Waals surface area contributed by atoms with Crippen molar-refractivity contribution in [2.24, 2.45) is 5.92 Å². The summed E-state index contributed by atoms with van der Waals surface area (Å²) in [6.07, 6.45) is 0. The van der Waals surface area contributed by atoms with Crippen LogP contribution in [0, 0.1) is 5.92 Å². The highest BCUT2D eigenvalue weighted by atomic mass is 35.5. The smallest absolute Gasteiger partial charge is 0.263 e. The number of nitrogens with one attached hydrogen (secondary N) is 2. The van der Waals surface area contributed by atoms with Crippen LogP contribution in [-0.4, -0.2) is 27.5 Å². The maximum absolute atomic E-state index is 12.8. The van der Waals surface area contributed by atoms with Crippen molar-refractivity contribution in [1.29, 1.82) is 0 Å². The summed E-state index contributed by atoms with van der Waals surface area (Å²) >= 11 is 6.10. The molecule has 0 aliphatic heterocycles. The van der Waals surface area contributed by atoms with Crippen LogP contribution < -0.4 is 14.8 Å². The number of rotatable bonds is 7. The van der Waals surface area contributed by atoms with Crippen LogP contribution in [0.25, 0.3) is 0 Å². The molecule has 0 saturated heterocycles. The first-order valence-corrected chi connectivity index (χ1v) is 10.3. The van der Waals surface area contributed by atoms with E-state index in [1.807, 2.05) is 20.8 Å². The SMILES string of the molecule is COc1ccccc1NS(=O)(=O)c1cc(C(=O)NC(C)C(C)C)ccc1Cl. The van der Waals surface area contributed by atoms with Crippen molar-refractivity contribution in [1.82, 2.24) is 5.32 Å². The Labute approximate surface area is 164 Å². The molecule has 0 heterocycles. The lowest BCUT2D eigenvalue weighted by Crippen LogP contribution is -2.36. The molecule has 2 aromatic carbocycles. The number of hydrogen-bond donors (Lipinski definition) is 2. The summed E-state index contributed by atoms with van der Waals surface area (Å²) in [6, 6.07) is 10.7. The largest absolute Gasteiger partial charge is 0.495 e. The monoisotopic (exact) mass is 410 g/mol. The summed E-state index contributed by atoms with van der Waals surface area (Å²) in [6.45, 7) is 5.86. The number of halogens is 1. The maximum Gasteiger partial charge on any atom is 0.263 e. The normalized spacial score (nSPS) is 12.5. The van der Waals surface area contributed by atoms with Crippen molar-refractivity contribution in [2.45, 2.75) is 31.7 Å². The second-order valence-corrected chi connectivity index (χ2v) is 8.52. The average molecular weight is 411 g/mol. The second-order valence-electron chi connectivity index (χ2n) is 6.46. The van der Waals surface area contributed by atoms with Gasteiger partial charge in [-0.15, -0.1) is 0 Å². The number of hydrogen-bond acceptors (Lipinski definition) is 4. The first-order chi connectivity index (χ1) is 12.7. The molecule has 2 N–H and O–H groups in total. The summed E-state index contributed by atoms with van der Waals surface area (Å²) in [5.74, 6) is 0.259. The Hall–Kier alpha value is -2.25. The number of ether oxygens (including phenoxy) is 1. The first-order valence-electron chi connectivity index (χ1n) is 8.42. The van der Waals surface area contributed by atoms with Crippen LogP contribution in [0.4, 0.5) is 5.69 Å². The zero-order chi connectivity index (χ0) is 20.2. The molecule has 1 unspecified atom stereocenters. The van der Waals surface area contributed by atoms with Crippen LogP contribution >= 0.6 is 11.6 Å². The number of para-hydroxylation sites is 2. The molecule has 1 atom stereocenters. The van der Waals surface area contributed by atoms with Crippen molar-refractivity contribution >= 4 is 33.2 Å². The first kappa shape index (κ1) is 21.1. The fourth-order valence-corrected chi connectivity index (χ4v) is 3.83. The standard InChI is InChI=1S/C19H23ClN2O4S/c1-12(2)13(3)21-19(23)14-9-10-15(20)18(11-14)27(24,25)22-16-7-5-6-8-17(16)26-4/h5-13,22H,1-4H3,(H,21,23). The van der Waals surface area contributed by atoms with Gasteiger partial charge in [0.15, 0.2) is 0 Å². The molecule has 0 aromatic heterocycles. The van der Waals surface area contributed by atoms with Crippen LogP contribution in [0.5, 0.6) is 5.75 Å². The van der Waals surface area contributed by atoms with Crippen molar-refractivity contribution in [3.05, 3.63) is 53.1 Å². The minimum Gasteiger partial charge on any atom is -0.495 e. The molecule has 0 spiro atoms. The van der Waals surface area contributed by atoms with Crippen molar-refractivity contribution < 1.29 is 17.9 Å². The Bertz CT molecular complexity index is 929. The fraction of sp³-hybridized carbons (Fsp3) is 0.316. The zero-order valence-electron chi connectivity index (χ0n) is 15.6. The molecule has 0 fully saturated rings. The lowest BCUT2D eigenvalue weighted by Gasteiger charge is -2.18. The molecule has 1 amide bonds. The van der Waals surface area contributed by atoms with E-state index in [0.29, 0.717) is 5.75 Å². The number of anilines is 1. The number of carbonyl (C=O) groups is 1. The van der Waals surface area contributed by atoms with Crippen molar-refractivity contribution in [2.75, 3.05) is 11.8 Å². The second kappa shape index (κ2) is 8.63. The van der Waals surface area contributed by atoms with Gasteiger partial charge >= 0.3 is 0 Å². The minimum atomic E-state index is -4.02. The fourth-order valence-electron chi connectivity index (χ4n) is 2.24. The van der Waals surface area contributed by atoms with Gasteiger partial charge in [0.05, 0.1) is 17.8 Å². The van der Waals surface area contributed by atoms with Crippen molar-refractivity contribution in [3.8, 4) is 5.75 Å². The zero-order valence-corrected chi connectivity index (χ0v) is 17.2. The van der Waals surface area contributed by atoms with E-state index in [1.54, 1.807) is 24.3 Å². The van der Waals surface area contributed by atoms with Gasteiger partial charge in [0.1, 0.15) is 10.6 Å². The molecule has 8 heteroatoms. The molecular formula is C19H23ClN2O4S. The third kappa shape index (κ3) is 5.14. The van der Waals surface area contributed by atoms with E-state index >= 15 is 0 Å². The molecule has 0 radical (unpaired) electrons. The molecule has 0 bridgehead atoms. The number of sulfonamides is 1. The van der Waals surface area contributed by atoms with Crippen LogP contribution in [0.15, 0.2) is 47.4 Å². The Morgan fingerprint density at radius 2 is 1.78 bits per heavy atom. The van der Waals surface area contributed by atoms with E-state index in [2.05, 4.69) is 10.0 Å². The molecule has 0 aliphatic rings. The predicted octanol–water partition coefficient (Wildman–Crippen LogP) is 3.92. The van der Waals surface area contributed by atoms with Gasteiger partial charge < -0.3 is 10.1 Å². The molecule has 27 heavy (non-hydrogen) atoms.